The molecule has 2 aliphatic carbocycles. The Morgan fingerprint density at radius 1 is 0.963 bits per heavy atom. The molecule has 1 unspecified atom stereocenters. The van der Waals surface area contributed by atoms with E-state index in [2.05, 4.69) is 19.1 Å². The van der Waals surface area contributed by atoms with Crippen LogP contribution >= 0.6 is 0 Å². The highest BCUT2D eigenvalue weighted by Gasteiger charge is 2.50. The minimum absolute atomic E-state index is 0.0249. The van der Waals surface area contributed by atoms with E-state index in [-0.39, 0.29) is 24.0 Å². The fraction of sp³-hybridized carbons (Fsp3) is 0.913. The zero-order valence-corrected chi connectivity index (χ0v) is 17.2. The Bertz CT molecular complexity index is 438. The topological polar surface area (TPSA) is 80.9 Å². The van der Waals surface area contributed by atoms with Gasteiger partial charge in [-0.05, 0) is 50.9 Å². The highest BCUT2D eigenvalue weighted by atomic mass is 16.3. The molecular weight excluding hydrogens is 340 g/mol. The van der Waals surface area contributed by atoms with Crippen LogP contribution in [-0.4, -0.2) is 44.8 Å². The van der Waals surface area contributed by atoms with Gasteiger partial charge in [-0.1, -0.05) is 57.6 Å². The summed E-state index contributed by atoms with van der Waals surface area (Å²) in [5, 5.41) is 40.0. The summed E-state index contributed by atoms with van der Waals surface area (Å²) in [6.07, 6.45) is 16.5. The maximum atomic E-state index is 11.0. The summed E-state index contributed by atoms with van der Waals surface area (Å²) in [6, 6.07) is 0. The second-order valence-electron chi connectivity index (χ2n) is 9.01. The first-order valence-electron chi connectivity index (χ1n) is 11.4. The zero-order chi connectivity index (χ0) is 19.7. The summed E-state index contributed by atoms with van der Waals surface area (Å²) in [5.41, 5.74) is -0.780. The van der Waals surface area contributed by atoms with Gasteiger partial charge in [-0.3, -0.25) is 0 Å². The van der Waals surface area contributed by atoms with Gasteiger partial charge in [-0.2, -0.15) is 0 Å². The van der Waals surface area contributed by atoms with Crippen LogP contribution < -0.4 is 0 Å². The molecule has 0 heterocycles. The Kier molecular flexibility index (Phi) is 9.78. The predicted molar refractivity (Wildman–Crippen MR) is 109 cm³/mol. The first-order chi connectivity index (χ1) is 13.0. The SMILES string of the molecule is CCCCC(O)(CC=C[C@@H]1[C@@H](CCCCCCCO)CC[C@H]1O)[C@@H]1C[C@H]1O. The van der Waals surface area contributed by atoms with Gasteiger partial charge in [0.15, 0.2) is 0 Å². The molecule has 4 heteroatoms. The molecule has 27 heavy (non-hydrogen) atoms. The van der Waals surface area contributed by atoms with Crippen molar-refractivity contribution in [2.24, 2.45) is 17.8 Å². The van der Waals surface area contributed by atoms with E-state index in [0.717, 1.165) is 57.8 Å². The molecule has 0 spiro atoms. The van der Waals surface area contributed by atoms with E-state index in [1.807, 2.05) is 0 Å². The van der Waals surface area contributed by atoms with Gasteiger partial charge in [-0.25, -0.2) is 0 Å². The molecule has 158 valence electrons. The Labute approximate surface area is 165 Å². The van der Waals surface area contributed by atoms with Crippen molar-refractivity contribution < 1.29 is 20.4 Å². The smallest absolute Gasteiger partial charge is 0.0735 e. The molecule has 4 N–H and O–H groups in total. The van der Waals surface area contributed by atoms with Crippen molar-refractivity contribution in [2.45, 2.75) is 108 Å². The summed E-state index contributed by atoms with van der Waals surface area (Å²) >= 11 is 0. The average Bonchev–Trinajstić information content (AvgIpc) is 3.30. The third-order valence-electron chi connectivity index (χ3n) is 6.79. The third kappa shape index (κ3) is 7.16. The van der Waals surface area contributed by atoms with Crippen molar-refractivity contribution in [3.63, 3.8) is 0 Å². The lowest BCUT2D eigenvalue weighted by Gasteiger charge is -2.27. The molecule has 0 aromatic carbocycles. The number of hydrogen-bond donors (Lipinski definition) is 4. The maximum absolute atomic E-state index is 11.0. The van der Waals surface area contributed by atoms with Crippen molar-refractivity contribution in [3.8, 4) is 0 Å². The van der Waals surface area contributed by atoms with Gasteiger partial charge >= 0.3 is 0 Å². The van der Waals surface area contributed by atoms with Crippen molar-refractivity contribution in [2.75, 3.05) is 6.61 Å². The summed E-state index contributed by atoms with van der Waals surface area (Å²) < 4.78 is 0. The maximum Gasteiger partial charge on any atom is 0.0735 e. The number of aliphatic hydroxyl groups is 4. The molecule has 2 rings (SSSR count). The molecule has 2 aliphatic rings. The third-order valence-corrected chi connectivity index (χ3v) is 6.79. The fourth-order valence-corrected chi connectivity index (χ4v) is 4.86. The van der Waals surface area contributed by atoms with Crippen LogP contribution in [0.25, 0.3) is 0 Å². The van der Waals surface area contributed by atoms with Crippen LogP contribution in [0.2, 0.25) is 0 Å². The van der Waals surface area contributed by atoms with Crippen LogP contribution in [0, 0.1) is 17.8 Å². The van der Waals surface area contributed by atoms with Crippen LogP contribution in [0.5, 0.6) is 0 Å². The van der Waals surface area contributed by atoms with Crippen molar-refractivity contribution in [1.82, 2.24) is 0 Å². The van der Waals surface area contributed by atoms with Crippen molar-refractivity contribution >= 4 is 0 Å². The molecular formula is C23H42O4. The molecule has 2 fully saturated rings. The van der Waals surface area contributed by atoms with Crippen LogP contribution in [0.3, 0.4) is 0 Å². The van der Waals surface area contributed by atoms with Gasteiger partial charge in [0.2, 0.25) is 0 Å². The first kappa shape index (κ1) is 22.9. The lowest BCUT2D eigenvalue weighted by atomic mass is 9.85. The Hall–Kier alpha value is -0.420. The molecule has 0 saturated heterocycles. The van der Waals surface area contributed by atoms with E-state index in [1.165, 1.54) is 19.3 Å². The summed E-state index contributed by atoms with van der Waals surface area (Å²) in [7, 11) is 0. The molecule has 0 aromatic heterocycles. The average molecular weight is 383 g/mol. The van der Waals surface area contributed by atoms with E-state index < -0.39 is 5.60 Å². The van der Waals surface area contributed by atoms with E-state index >= 15 is 0 Å². The Morgan fingerprint density at radius 3 is 2.33 bits per heavy atom. The van der Waals surface area contributed by atoms with E-state index in [0.29, 0.717) is 18.9 Å². The second-order valence-corrected chi connectivity index (χ2v) is 9.01. The van der Waals surface area contributed by atoms with Crippen molar-refractivity contribution in [3.05, 3.63) is 12.2 Å². The Morgan fingerprint density at radius 2 is 1.67 bits per heavy atom. The summed E-state index contributed by atoms with van der Waals surface area (Å²) in [4.78, 5) is 0. The molecule has 4 nitrogen and oxygen atoms in total. The summed E-state index contributed by atoms with van der Waals surface area (Å²) in [5.74, 6) is 0.781. The van der Waals surface area contributed by atoms with Gasteiger partial charge in [0.05, 0.1) is 17.8 Å². The molecule has 6 atom stereocenters. The molecule has 0 amide bonds. The van der Waals surface area contributed by atoms with Crippen molar-refractivity contribution in [1.29, 1.82) is 0 Å². The van der Waals surface area contributed by atoms with E-state index in [4.69, 9.17) is 5.11 Å². The second kappa shape index (κ2) is 11.5. The normalized spacial score (nSPS) is 32.9. The predicted octanol–water partition coefficient (Wildman–Crippen LogP) is 3.95. The largest absolute Gasteiger partial charge is 0.396 e. The molecule has 0 aromatic rings. The van der Waals surface area contributed by atoms with Crippen LogP contribution in [0.1, 0.15) is 90.4 Å². The minimum atomic E-state index is -0.780. The standard InChI is InChI=1S/C23H42O4/c1-2-3-14-23(27,20-17-22(20)26)15-9-11-19-18(12-13-21(19)25)10-7-5-4-6-8-16-24/h9,11,18-22,24-27H,2-8,10,12-17H2,1H3/t18-,19+,20+,21+,22+,23?/m0/s1. The molecule has 0 bridgehead atoms. The fourth-order valence-electron chi connectivity index (χ4n) is 4.86. The minimum Gasteiger partial charge on any atom is -0.396 e. The highest BCUT2D eigenvalue weighted by Crippen LogP contribution is 2.45. The number of aliphatic hydroxyl groups excluding tert-OH is 3. The lowest BCUT2D eigenvalue weighted by molar-refractivity contribution is -0.00398. The van der Waals surface area contributed by atoms with Crippen LogP contribution in [-0.2, 0) is 0 Å². The monoisotopic (exact) mass is 382 g/mol. The number of hydrogen-bond acceptors (Lipinski definition) is 4. The van der Waals surface area contributed by atoms with Crippen LogP contribution in [0.4, 0.5) is 0 Å². The quantitative estimate of drug-likeness (QED) is 0.271. The van der Waals surface area contributed by atoms with E-state index in [1.54, 1.807) is 0 Å². The summed E-state index contributed by atoms with van der Waals surface area (Å²) in [6.45, 7) is 2.42. The highest BCUT2D eigenvalue weighted by molar-refractivity contribution is 5.07. The molecule has 0 aliphatic heterocycles. The van der Waals surface area contributed by atoms with Gasteiger partial charge in [-0.15, -0.1) is 0 Å². The molecule has 2 saturated carbocycles. The number of rotatable bonds is 14. The lowest BCUT2D eigenvalue weighted by Crippen LogP contribution is -2.32. The Balaban J connectivity index is 1.79. The first-order valence-corrected chi connectivity index (χ1v) is 11.4. The number of unbranched alkanes of at least 4 members (excludes halogenated alkanes) is 5. The van der Waals surface area contributed by atoms with Gasteiger partial charge in [0.25, 0.3) is 0 Å². The van der Waals surface area contributed by atoms with Gasteiger partial charge in [0, 0.05) is 18.4 Å². The zero-order valence-electron chi connectivity index (χ0n) is 17.2. The van der Waals surface area contributed by atoms with E-state index in [9.17, 15) is 15.3 Å². The van der Waals surface area contributed by atoms with Gasteiger partial charge in [0.1, 0.15) is 0 Å². The molecule has 0 radical (unpaired) electrons. The van der Waals surface area contributed by atoms with Crippen LogP contribution in [0.15, 0.2) is 12.2 Å². The van der Waals surface area contributed by atoms with Gasteiger partial charge < -0.3 is 20.4 Å².